The smallest absolute Gasteiger partial charge is 0.309 e. The number of carbonyl (C=O) groups is 3. The molecule has 1 aromatic rings. The molecule has 0 saturated carbocycles. The van der Waals surface area contributed by atoms with E-state index in [1.165, 1.54) is 4.90 Å². The molecule has 0 radical (unpaired) electrons. The van der Waals surface area contributed by atoms with Gasteiger partial charge < -0.3 is 19.3 Å². The highest BCUT2D eigenvalue weighted by Crippen LogP contribution is 2.27. The van der Waals surface area contributed by atoms with Gasteiger partial charge in [-0.2, -0.15) is 0 Å². The van der Waals surface area contributed by atoms with Gasteiger partial charge in [-0.05, 0) is 44.7 Å². The zero-order valence-corrected chi connectivity index (χ0v) is 19.2. The fourth-order valence-corrected chi connectivity index (χ4v) is 5.05. The summed E-state index contributed by atoms with van der Waals surface area (Å²) in [5.74, 6) is 0.241. The third kappa shape index (κ3) is 6.46. The molecule has 0 bridgehead atoms. The van der Waals surface area contributed by atoms with E-state index < -0.39 is 0 Å². The number of piperidine rings is 1. The molecule has 0 aliphatic carbocycles. The molecule has 1 atom stereocenters. The minimum atomic E-state index is -0.181. The van der Waals surface area contributed by atoms with Crippen molar-refractivity contribution in [2.24, 2.45) is 5.92 Å². The molecule has 0 aromatic heterocycles. The molecule has 31 heavy (non-hydrogen) atoms. The van der Waals surface area contributed by atoms with Crippen LogP contribution >= 0.6 is 11.8 Å². The van der Waals surface area contributed by atoms with Crippen LogP contribution in [0.25, 0.3) is 0 Å². The first-order valence-corrected chi connectivity index (χ1v) is 12.0. The van der Waals surface area contributed by atoms with Gasteiger partial charge in [-0.25, -0.2) is 0 Å². The van der Waals surface area contributed by atoms with E-state index in [4.69, 9.17) is 9.47 Å². The van der Waals surface area contributed by atoms with Crippen molar-refractivity contribution in [3.05, 3.63) is 29.8 Å². The summed E-state index contributed by atoms with van der Waals surface area (Å²) in [6.07, 6.45) is 3.60. The summed E-state index contributed by atoms with van der Waals surface area (Å²) >= 11 is 1.63. The van der Waals surface area contributed by atoms with E-state index in [9.17, 15) is 14.4 Å². The van der Waals surface area contributed by atoms with Crippen molar-refractivity contribution in [1.82, 2.24) is 9.80 Å². The van der Waals surface area contributed by atoms with Crippen LogP contribution in [0.15, 0.2) is 29.2 Å². The van der Waals surface area contributed by atoms with Crippen LogP contribution in [0, 0.1) is 5.92 Å². The number of hydrogen-bond acceptors (Lipinski definition) is 6. The van der Waals surface area contributed by atoms with Crippen LogP contribution in [-0.4, -0.2) is 79.3 Å². The number of hydrogen-bond donors (Lipinski definition) is 0. The van der Waals surface area contributed by atoms with Crippen LogP contribution in [-0.2, 0) is 19.1 Å². The van der Waals surface area contributed by atoms with Gasteiger partial charge in [-0.1, -0.05) is 12.1 Å². The molecule has 2 aliphatic rings. The lowest BCUT2D eigenvalue weighted by Gasteiger charge is -2.32. The molecular formula is C23H32N2O5S. The highest BCUT2D eigenvalue weighted by molar-refractivity contribution is 7.99. The largest absolute Gasteiger partial charge is 0.466 e. The van der Waals surface area contributed by atoms with Crippen molar-refractivity contribution in [3.63, 3.8) is 0 Å². The van der Waals surface area contributed by atoms with E-state index in [0.29, 0.717) is 38.1 Å². The van der Waals surface area contributed by atoms with Crippen LogP contribution in [0.2, 0.25) is 0 Å². The number of esters is 1. The summed E-state index contributed by atoms with van der Waals surface area (Å²) in [5, 5.41) is 0. The van der Waals surface area contributed by atoms with Gasteiger partial charge >= 0.3 is 5.97 Å². The summed E-state index contributed by atoms with van der Waals surface area (Å²) in [7, 11) is 1.66. The summed E-state index contributed by atoms with van der Waals surface area (Å²) in [6, 6.07) is 7.53. The lowest BCUT2D eigenvalue weighted by atomic mass is 9.97. The summed E-state index contributed by atoms with van der Waals surface area (Å²) in [4.78, 5) is 41.8. The molecule has 2 fully saturated rings. The molecule has 2 amide bonds. The molecule has 170 valence electrons. The fraction of sp³-hybridized carbons (Fsp3) is 0.609. The zero-order chi connectivity index (χ0) is 22.2. The van der Waals surface area contributed by atoms with Crippen molar-refractivity contribution in [3.8, 4) is 0 Å². The first-order valence-electron chi connectivity index (χ1n) is 11.0. The Hall–Kier alpha value is -2.06. The molecule has 7 nitrogen and oxygen atoms in total. The van der Waals surface area contributed by atoms with E-state index in [-0.39, 0.29) is 36.4 Å². The topological polar surface area (TPSA) is 76.2 Å². The van der Waals surface area contributed by atoms with Gasteiger partial charge in [0.25, 0.3) is 5.91 Å². The Balaban J connectivity index is 1.52. The van der Waals surface area contributed by atoms with Crippen LogP contribution in [0.1, 0.15) is 43.0 Å². The van der Waals surface area contributed by atoms with E-state index in [0.717, 1.165) is 30.1 Å². The van der Waals surface area contributed by atoms with Gasteiger partial charge in [0.2, 0.25) is 5.91 Å². The Morgan fingerprint density at radius 1 is 1.19 bits per heavy atom. The highest BCUT2D eigenvalue weighted by atomic mass is 32.2. The number of ether oxygens (including phenoxy) is 2. The highest BCUT2D eigenvalue weighted by Gasteiger charge is 2.29. The first-order chi connectivity index (χ1) is 15.0. The normalized spacial score (nSPS) is 19.3. The minimum absolute atomic E-state index is 0.0215. The number of nitrogens with zero attached hydrogens (tertiary/aromatic N) is 2. The fourth-order valence-electron chi connectivity index (χ4n) is 3.93. The number of rotatable bonds is 8. The molecule has 2 heterocycles. The molecule has 2 saturated heterocycles. The van der Waals surface area contributed by atoms with Crippen molar-refractivity contribution >= 4 is 29.5 Å². The van der Waals surface area contributed by atoms with Crippen molar-refractivity contribution < 1.29 is 23.9 Å². The Morgan fingerprint density at radius 2 is 1.94 bits per heavy atom. The van der Waals surface area contributed by atoms with Gasteiger partial charge in [-0.3, -0.25) is 14.4 Å². The van der Waals surface area contributed by atoms with Crippen molar-refractivity contribution in [2.45, 2.75) is 43.6 Å². The molecular weight excluding hydrogens is 416 g/mol. The maximum Gasteiger partial charge on any atom is 0.309 e. The zero-order valence-electron chi connectivity index (χ0n) is 18.4. The summed E-state index contributed by atoms with van der Waals surface area (Å²) in [6.45, 7) is 4.03. The SMILES string of the molecule is CCOC(=O)C1CCN(C(=O)CN(C)C(=O)c2ccccc2SCC2CCCO2)CC1. The second-order valence-corrected chi connectivity index (χ2v) is 9.07. The van der Waals surface area contributed by atoms with Gasteiger partial charge in [0.15, 0.2) is 0 Å². The second-order valence-electron chi connectivity index (χ2n) is 8.01. The number of thioether (sulfide) groups is 1. The number of benzene rings is 1. The Bertz CT molecular complexity index is 773. The molecule has 0 spiro atoms. The lowest BCUT2D eigenvalue weighted by molar-refractivity contribution is -0.151. The number of likely N-dealkylation sites (N-methyl/N-ethyl adjacent to an activating group) is 1. The second kappa shape index (κ2) is 11.5. The standard InChI is InChI=1S/C23H32N2O5S/c1-3-29-23(28)17-10-12-25(13-11-17)21(26)15-24(2)22(27)19-8-4-5-9-20(19)31-16-18-7-6-14-30-18/h4-5,8-9,17-18H,3,6-7,10-16H2,1-2H3. The Kier molecular flexibility index (Phi) is 8.78. The quantitative estimate of drug-likeness (QED) is 0.450. The van der Waals surface area contributed by atoms with Crippen LogP contribution < -0.4 is 0 Å². The van der Waals surface area contributed by atoms with Gasteiger partial charge in [0.05, 0.1) is 30.7 Å². The Labute approximate surface area is 188 Å². The van der Waals surface area contributed by atoms with Crippen molar-refractivity contribution in [1.29, 1.82) is 0 Å². The molecule has 1 unspecified atom stereocenters. The minimum Gasteiger partial charge on any atom is -0.466 e. The van der Waals surface area contributed by atoms with Gasteiger partial charge in [-0.15, -0.1) is 11.8 Å². The maximum atomic E-state index is 13.0. The lowest BCUT2D eigenvalue weighted by Crippen LogP contribution is -2.45. The van der Waals surface area contributed by atoms with E-state index >= 15 is 0 Å². The predicted molar refractivity (Wildman–Crippen MR) is 119 cm³/mol. The van der Waals surface area contributed by atoms with Crippen LogP contribution in [0.4, 0.5) is 0 Å². The maximum absolute atomic E-state index is 13.0. The van der Waals surface area contributed by atoms with Gasteiger partial charge in [0, 0.05) is 37.4 Å². The molecule has 0 N–H and O–H groups in total. The van der Waals surface area contributed by atoms with Crippen LogP contribution in [0.5, 0.6) is 0 Å². The third-order valence-corrected chi connectivity index (χ3v) is 6.96. The van der Waals surface area contributed by atoms with E-state index in [2.05, 4.69) is 0 Å². The monoisotopic (exact) mass is 448 g/mol. The Morgan fingerprint density at radius 3 is 2.61 bits per heavy atom. The summed E-state index contributed by atoms with van der Waals surface area (Å²) < 4.78 is 10.8. The first kappa shape index (κ1) is 23.6. The summed E-state index contributed by atoms with van der Waals surface area (Å²) in [5.41, 5.74) is 0.613. The van der Waals surface area contributed by atoms with Gasteiger partial charge in [0.1, 0.15) is 0 Å². The molecule has 3 rings (SSSR count). The van der Waals surface area contributed by atoms with E-state index in [1.807, 2.05) is 24.3 Å². The number of amides is 2. The molecule has 2 aliphatic heterocycles. The molecule has 8 heteroatoms. The van der Waals surface area contributed by atoms with Crippen LogP contribution in [0.3, 0.4) is 0 Å². The van der Waals surface area contributed by atoms with E-state index in [1.54, 1.807) is 30.6 Å². The predicted octanol–water partition coefficient (Wildman–Crippen LogP) is 2.83. The molecule has 1 aromatic carbocycles. The number of likely N-dealkylation sites (tertiary alicyclic amines) is 1. The average molecular weight is 449 g/mol. The number of carbonyl (C=O) groups excluding carboxylic acids is 3. The third-order valence-electron chi connectivity index (χ3n) is 5.75. The van der Waals surface area contributed by atoms with Crippen molar-refractivity contribution in [2.75, 3.05) is 45.6 Å². The average Bonchev–Trinajstić information content (AvgIpc) is 3.31.